The Balaban J connectivity index is 0.00000364. The number of halogens is 2. The van der Waals surface area contributed by atoms with Gasteiger partial charge in [0, 0.05) is 17.5 Å². The van der Waals surface area contributed by atoms with Crippen molar-refractivity contribution < 1.29 is 14.2 Å². The second-order valence-corrected chi connectivity index (χ2v) is 7.16. The number of ether oxygens (including phenoxy) is 1. The molecule has 1 aromatic heterocycles. The molecule has 0 saturated carbocycles. The smallest absolute Gasteiger partial charge is 0.191 e. The molecule has 1 heterocycles. The third-order valence-electron chi connectivity index (χ3n) is 3.63. The first-order valence-corrected chi connectivity index (χ1v) is 9.49. The maximum atomic E-state index is 13.2. The van der Waals surface area contributed by atoms with E-state index in [1.165, 1.54) is 23.5 Å². The van der Waals surface area contributed by atoms with Crippen molar-refractivity contribution in [3.63, 3.8) is 0 Å². The zero-order valence-corrected chi connectivity index (χ0v) is 18.9. The molecule has 0 aliphatic heterocycles. The monoisotopic (exact) mass is 507 g/mol. The Labute approximate surface area is 181 Å². The van der Waals surface area contributed by atoms with Crippen molar-refractivity contribution in [3.05, 3.63) is 52.5 Å². The van der Waals surface area contributed by atoms with E-state index in [4.69, 9.17) is 4.74 Å². The fourth-order valence-corrected chi connectivity index (χ4v) is 3.07. The van der Waals surface area contributed by atoms with Crippen LogP contribution in [0, 0.1) is 5.82 Å². The molecule has 1 aromatic carbocycles. The van der Waals surface area contributed by atoms with E-state index in [-0.39, 0.29) is 42.4 Å². The highest BCUT2D eigenvalue weighted by Crippen LogP contribution is 2.25. The number of thiophene rings is 1. The molecule has 0 radical (unpaired) electrons. The van der Waals surface area contributed by atoms with Crippen LogP contribution in [-0.4, -0.2) is 36.8 Å². The zero-order valence-electron chi connectivity index (χ0n) is 15.7. The molecule has 5 nitrogen and oxygen atoms in total. The second kappa shape index (κ2) is 11.5. The van der Waals surface area contributed by atoms with Crippen LogP contribution < -0.4 is 15.4 Å². The Morgan fingerprint density at radius 1 is 1.33 bits per heavy atom. The Morgan fingerprint density at radius 2 is 2.11 bits per heavy atom. The van der Waals surface area contributed by atoms with Crippen molar-refractivity contribution in [1.29, 1.82) is 0 Å². The first kappa shape index (κ1) is 23.6. The average molecular weight is 507 g/mol. The first-order chi connectivity index (χ1) is 12.4. The average Bonchev–Trinajstić information content (AvgIpc) is 3.13. The maximum absolute atomic E-state index is 13.2. The third-order valence-corrected chi connectivity index (χ3v) is 4.75. The number of aliphatic hydroxyl groups is 1. The number of nitrogens with zero attached hydrogens (tertiary/aromatic N) is 1. The summed E-state index contributed by atoms with van der Waals surface area (Å²) < 4.78 is 18.9. The third kappa shape index (κ3) is 8.02. The van der Waals surface area contributed by atoms with Gasteiger partial charge in [-0.3, -0.25) is 0 Å². The predicted molar refractivity (Wildman–Crippen MR) is 120 cm³/mol. The lowest BCUT2D eigenvalue weighted by Crippen LogP contribution is -2.42. The second-order valence-electron chi connectivity index (χ2n) is 6.21. The van der Waals surface area contributed by atoms with Gasteiger partial charge in [0.05, 0.1) is 13.1 Å². The number of nitrogens with one attached hydrogen (secondary N) is 2. The number of benzene rings is 1. The van der Waals surface area contributed by atoms with Gasteiger partial charge in [0.15, 0.2) is 5.96 Å². The minimum Gasteiger partial charge on any atom is -0.489 e. The molecule has 2 aromatic rings. The molecule has 2 unspecified atom stereocenters. The maximum Gasteiger partial charge on any atom is 0.191 e. The molecule has 0 amide bonds. The van der Waals surface area contributed by atoms with Gasteiger partial charge in [-0.1, -0.05) is 12.1 Å². The minimum absolute atomic E-state index is 0. The van der Waals surface area contributed by atoms with Gasteiger partial charge in [-0.05, 0) is 44.4 Å². The lowest BCUT2D eigenvalue weighted by molar-refractivity contribution is 0.0711. The normalized spacial score (nSPS) is 14.6. The Hall–Kier alpha value is -1.39. The van der Waals surface area contributed by atoms with Crippen molar-refractivity contribution in [1.82, 2.24) is 10.6 Å². The lowest BCUT2D eigenvalue weighted by Gasteiger charge is -2.21. The van der Waals surface area contributed by atoms with Crippen LogP contribution in [0.1, 0.15) is 25.6 Å². The van der Waals surface area contributed by atoms with Crippen molar-refractivity contribution in [2.75, 3.05) is 19.6 Å². The van der Waals surface area contributed by atoms with Gasteiger partial charge in [0.2, 0.25) is 0 Å². The molecule has 0 spiro atoms. The largest absolute Gasteiger partial charge is 0.489 e. The van der Waals surface area contributed by atoms with Crippen molar-refractivity contribution in [2.45, 2.75) is 32.5 Å². The minimum atomic E-state index is -1.01. The van der Waals surface area contributed by atoms with Crippen LogP contribution in [0.2, 0.25) is 0 Å². The van der Waals surface area contributed by atoms with Gasteiger partial charge < -0.3 is 20.5 Å². The highest BCUT2D eigenvalue weighted by atomic mass is 127. The van der Waals surface area contributed by atoms with Crippen molar-refractivity contribution in [2.24, 2.45) is 4.99 Å². The van der Waals surface area contributed by atoms with Crippen molar-refractivity contribution >= 4 is 41.3 Å². The Morgan fingerprint density at radius 3 is 2.74 bits per heavy atom. The fourth-order valence-electron chi connectivity index (χ4n) is 2.29. The summed E-state index contributed by atoms with van der Waals surface area (Å²) in [6.07, 6.45) is -0.182. The van der Waals surface area contributed by atoms with Crippen LogP contribution in [0.5, 0.6) is 5.75 Å². The topological polar surface area (TPSA) is 65.9 Å². The van der Waals surface area contributed by atoms with E-state index in [2.05, 4.69) is 15.6 Å². The van der Waals surface area contributed by atoms with E-state index in [0.29, 0.717) is 24.8 Å². The molecule has 0 aliphatic carbocycles. The van der Waals surface area contributed by atoms with Gasteiger partial charge in [0.25, 0.3) is 0 Å². The van der Waals surface area contributed by atoms with Crippen LogP contribution in [-0.2, 0) is 5.60 Å². The van der Waals surface area contributed by atoms with E-state index in [0.717, 1.165) is 4.88 Å². The van der Waals surface area contributed by atoms with E-state index < -0.39 is 5.60 Å². The summed E-state index contributed by atoms with van der Waals surface area (Å²) in [5.41, 5.74) is -1.01. The van der Waals surface area contributed by atoms with Crippen LogP contribution in [0.25, 0.3) is 0 Å². The molecule has 150 valence electrons. The van der Waals surface area contributed by atoms with Crippen LogP contribution in [0.15, 0.2) is 46.8 Å². The number of guanidine groups is 1. The molecular weight excluding hydrogens is 480 g/mol. The molecule has 27 heavy (non-hydrogen) atoms. The van der Waals surface area contributed by atoms with Crippen molar-refractivity contribution in [3.8, 4) is 5.75 Å². The van der Waals surface area contributed by atoms with Crippen LogP contribution >= 0.6 is 35.3 Å². The lowest BCUT2D eigenvalue weighted by atomic mass is 10.1. The number of rotatable bonds is 8. The number of hydrogen-bond acceptors (Lipinski definition) is 4. The Bertz CT molecular complexity index is 711. The number of hydrogen-bond donors (Lipinski definition) is 3. The summed E-state index contributed by atoms with van der Waals surface area (Å²) in [5, 5.41) is 18.8. The van der Waals surface area contributed by atoms with Gasteiger partial charge in [-0.2, -0.15) is 0 Å². The zero-order chi connectivity index (χ0) is 19.0. The van der Waals surface area contributed by atoms with Gasteiger partial charge in [-0.25, -0.2) is 9.38 Å². The highest BCUT2D eigenvalue weighted by molar-refractivity contribution is 14.0. The first-order valence-electron chi connectivity index (χ1n) is 8.61. The number of aliphatic imine (C=N–C) groups is 1. The highest BCUT2D eigenvalue weighted by Gasteiger charge is 2.24. The van der Waals surface area contributed by atoms with Gasteiger partial charge in [0.1, 0.15) is 23.3 Å². The standard InChI is InChI=1S/C19H26FN3O2S.HI/c1-4-21-18(23-13-19(3,24)17-9-6-10-26-17)22-12-14(2)25-16-8-5-7-15(20)11-16;/h5-11,14,24H,4,12-13H2,1-3H3,(H2,21,22,23);1H. The summed E-state index contributed by atoms with van der Waals surface area (Å²) in [6.45, 7) is 7.05. The molecular formula is C19H27FIN3O2S. The molecule has 3 N–H and O–H groups in total. The van der Waals surface area contributed by atoms with E-state index >= 15 is 0 Å². The molecule has 0 saturated heterocycles. The van der Waals surface area contributed by atoms with Gasteiger partial charge in [-0.15, -0.1) is 35.3 Å². The van der Waals surface area contributed by atoms with E-state index in [9.17, 15) is 9.50 Å². The molecule has 2 atom stereocenters. The molecule has 0 aliphatic rings. The van der Waals surface area contributed by atoms with Crippen LogP contribution in [0.4, 0.5) is 4.39 Å². The molecule has 0 bridgehead atoms. The Kier molecular flexibility index (Phi) is 10.0. The summed E-state index contributed by atoms with van der Waals surface area (Å²) in [4.78, 5) is 5.34. The summed E-state index contributed by atoms with van der Waals surface area (Å²) in [5.74, 6) is 0.759. The summed E-state index contributed by atoms with van der Waals surface area (Å²) >= 11 is 1.50. The van der Waals surface area contributed by atoms with Gasteiger partial charge >= 0.3 is 0 Å². The molecule has 8 heteroatoms. The van der Waals surface area contributed by atoms with E-state index in [1.54, 1.807) is 19.1 Å². The molecule has 0 fully saturated rings. The quantitative estimate of drug-likeness (QED) is 0.290. The summed E-state index contributed by atoms with van der Waals surface area (Å²) in [7, 11) is 0. The molecule has 2 rings (SSSR count). The SMILES string of the molecule is CCNC(=NCC(C)(O)c1cccs1)NCC(C)Oc1cccc(F)c1.I. The summed E-state index contributed by atoms with van der Waals surface area (Å²) in [6, 6.07) is 9.88. The predicted octanol–water partition coefficient (Wildman–Crippen LogP) is 3.74. The van der Waals surface area contributed by atoms with E-state index in [1.807, 2.05) is 31.4 Å². The fraction of sp³-hybridized carbons (Fsp3) is 0.421. The van der Waals surface area contributed by atoms with Crippen LogP contribution in [0.3, 0.4) is 0 Å².